The Labute approximate surface area is 169 Å². The topological polar surface area (TPSA) is 53.9 Å². The molecular formula is C18H19F3N4OS2. The fourth-order valence-corrected chi connectivity index (χ4v) is 3.81. The van der Waals surface area contributed by atoms with Gasteiger partial charge in [0.1, 0.15) is 5.82 Å². The summed E-state index contributed by atoms with van der Waals surface area (Å²) >= 11 is 4.98. The van der Waals surface area contributed by atoms with Gasteiger partial charge in [0.25, 0.3) is 0 Å². The number of nitrogens with one attached hydrogen (secondary N) is 1. The van der Waals surface area contributed by atoms with Crippen LogP contribution in [-0.4, -0.2) is 44.2 Å². The van der Waals surface area contributed by atoms with Crippen molar-refractivity contribution in [1.29, 1.82) is 0 Å². The Balaban J connectivity index is 1.54. The van der Waals surface area contributed by atoms with Gasteiger partial charge in [0, 0.05) is 37.0 Å². The molecule has 0 aliphatic carbocycles. The van der Waals surface area contributed by atoms with Crippen molar-refractivity contribution in [2.75, 3.05) is 13.1 Å². The number of amides is 1. The summed E-state index contributed by atoms with van der Waals surface area (Å²) in [5.74, 6) is 1.05. The number of nitrogens with zero attached hydrogens (tertiary/aromatic N) is 3. The second kappa shape index (κ2) is 8.52. The van der Waals surface area contributed by atoms with Crippen molar-refractivity contribution < 1.29 is 18.0 Å². The molecule has 1 aromatic heterocycles. The summed E-state index contributed by atoms with van der Waals surface area (Å²) in [5, 5.41) is 7.05. The van der Waals surface area contributed by atoms with E-state index in [9.17, 15) is 18.0 Å². The fourth-order valence-electron chi connectivity index (χ4n) is 3.14. The number of carbonyl (C=O) groups excluding carboxylic acids is 1. The molecule has 1 aromatic carbocycles. The van der Waals surface area contributed by atoms with Gasteiger partial charge in [0.15, 0.2) is 4.77 Å². The third kappa shape index (κ3) is 5.26. The molecule has 3 rings (SSSR count). The zero-order valence-electron chi connectivity index (χ0n) is 15.1. The lowest BCUT2D eigenvalue weighted by atomic mass is 9.96. The van der Waals surface area contributed by atoms with Gasteiger partial charge in [0.05, 0.1) is 0 Å². The molecule has 2 heterocycles. The van der Waals surface area contributed by atoms with Crippen molar-refractivity contribution in [3.05, 3.63) is 46.5 Å². The first-order valence-corrected chi connectivity index (χ1v) is 9.89. The van der Waals surface area contributed by atoms with Crippen LogP contribution in [0, 0.1) is 4.77 Å². The number of benzene rings is 1. The number of halogens is 3. The number of aromatic nitrogens is 3. The van der Waals surface area contributed by atoms with Gasteiger partial charge in [-0.25, -0.2) is 0 Å². The number of hydrogen-bond acceptors (Lipinski definition) is 4. The molecule has 1 amide bonds. The molecule has 0 radical (unpaired) electrons. The van der Waals surface area contributed by atoms with E-state index < -0.39 is 5.51 Å². The molecule has 2 aromatic rings. The zero-order chi connectivity index (χ0) is 20.3. The van der Waals surface area contributed by atoms with Crippen molar-refractivity contribution in [1.82, 2.24) is 19.7 Å². The third-order valence-corrected chi connectivity index (χ3v) is 5.72. The van der Waals surface area contributed by atoms with Gasteiger partial charge in [-0.05, 0) is 60.6 Å². The summed E-state index contributed by atoms with van der Waals surface area (Å²) in [6, 6.07) is 5.91. The Morgan fingerprint density at radius 2 is 1.93 bits per heavy atom. The first kappa shape index (κ1) is 20.7. The van der Waals surface area contributed by atoms with Crippen molar-refractivity contribution >= 4 is 36.0 Å². The van der Waals surface area contributed by atoms with Crippen LogP contribution < -0.4 is 0 Å². The molecule has 150 valence electrons. The number of rotatable bonds is 4. The molecule has 0 atom stereocenters. The highest BCUT2D eigenvalue weighted by Gasteiger charge is 2.29. The van der Waals surface area contributed by atoms with Gasteiger partial charge in [-0.1, -0.05) is 12.1 Å². The standard InChI is InChI=1S/C18H19F3N4OS2/c1-24-16(22-23-17(24)27)13-8-10-25(11-9-13)15(26)7-4-12-2-5-14(6-3-12)28-18(19,20)21/h2-7,13H,8-11H2,1H3,(H,23,27)/b7-4+. The van der Waals surface area contributed by atoms with E-state index in [2.05, 4.69) is 10.2 Å². The van der Waals surface area contributed by atoms with Gasteiger partial charge in [-0.3, -0.25) is 9.89 Å². The number of thioether (sulfide) groups is 1. The maximum Gasteiger partial charge on any atom is 0.446 e. The summed E-state index contributed by atoms with van der Waals surface area (Å²) < 4.78 is 39.5. The van der Waals surface area contributed by atoms with Crippen LogP contribution in [0.25, 0.3) is 6.08 Å². The predicted molar refractivity (Wildman–Crippen MR) is 104 cm³/mol. The molecule has 0 spiro atoms. The number of alkyl halides is 3. The second-order valence-electron chi connectivity index (χ2n) is 6.50. The van der Waals surface area contributed by atoms with E-state index in [1.165, 1.54) is 18.2 Å². The molecule has 0 bridgehead atoms. The molecule has 1 fully saturated rings. The first-order valence-electron chi connectivity index (χ1n) is 8.67. The second-order valence-corrected chi connectivity index (χ2v) is 8.02. The van der Waals surface area contributed by atoms with E-state index in [0.29, 0.717) is 23.4 Å². The van der Waals surface area contributed by atoms with Crippen molar-refractivity contribution in [3.63, 3.8) is 0 Å². The van der Waals surface area contributed by atoms with E-state index in [1.54, 1.807) is 23.1 Å². The van der Waals surface area contributed by atoms with Crippen LogP contribution in [0.4, 0.5) is 13.2 Å². The number of aromatic amines is 1. The summed E-state index contributed by atoms with van der Waals surface area (Å²) in [5.41, 5.74) is -3.63. The molecule has 28 heavy (non-hydrogen) atoms. The lowest BCUT2D eigenvalue weighted by molar-refractivity contribution is -0.127. The van der Waals surface area contributed by atoms with E-state index in [1.807, 2.05) is 11.6 Å². The summed E-state index contributed by atoms with van der Waals surface area (Å²) in [4.78, 5) is 14.3. The van der Waals surface area contributed by atoms with Crippen LogP contribution in [0.15, 0.2) is 35.2 Å². The maximum absolute atomic E-state index is 12.4. The molecule has 10 heteroatoms. The third-order valence-electron chi connectivity index (χ3n) is 4.62. The molecule has 0 saturated carbocycles. The summed E-state index contributed by atoms with van der Waals surface area (Å²) in [6.45, 7) is 1.24. The van der Waals surface area contributed by atoms with E-state index in [4.69, 9.17) is 12.2 Å². The van der Waals surface area contributed by atoms with E-state index in [0.717, 1.165) is 18.7 Å². The van der Waals surface area contributed by atoms with Crippen LogP contribution in [0.5, 0.6) is 0 Å². The Morgan fingerprint density at radius 1 is 1.29 bits per heavy atom. The quantitative estimate of drug-likeness (QED) is 0.442. The summed E-state index contributed by atoms with van der Waals surface area (Å²) in [7, 11) is 1.87. The maximum atomic E-state index is 12.4. The smallest absolute Gasteiger partial charge is 0.339 e. The Hall–Kier alpha value is -2.07. The van der Waals surface area contributed by atoms with Crippen molar-refractivity contribution in [2.24, 2.45) is 7.05 Å². The van der Waals surface area contributed by atoms with E-state index in [-0.39, 0.29) is 28.5 Å². The molecule has 0 unspecified atom stereocenters. The van der Waals surface area contributed by atoms with Crippen LogP contribution in [0.3, 0.4) is 0 Å². The van der Waals surface area contributed by atoms with Crippen LogP contribution in [0.1, 0.15) is 30.1 Å². The molecular weight excluding hydrogens is 409 g/mol. The van der Waals surface area contributed by atoms with Crippen LogP contribution >= 0.6 is 24.0 Å². The minimum Gasteiger partial charge on any atom is -0.339 e. The average Bonchev–Trinajstić information content (AvgIpc) is 2.99. The Morgan fingerprint density at radius 3 is 2.46 bits per heavy atom. The minimum absolute atomic E-state index is 0.109. The average molecular weight is 429 g/mol. The fraction of sp³-hybridized carbons (Fsp3) is 0.389. The monoisotopic (exact) mass is 428 g/mol. The van der Waals surface area contributed by atoms with Gasteiger partial charge in [-0.15, -0.1) is 0 Å². The lowest BCUT2D eigenvalue weighted by Crippen LogP contribution is -2.37. The zero-order valence-corrected chi connectivity index (χ0v) is 16.7. The number of H-pyrrole nitrogens is 1. The molecule has 1 aliphatic heterocycles. The van der Waals surface area contributed by atoms with Gasteiger partial charge >= 0.3 is 5.51 Å². The van der Waals surface area contributed by atoms with Crippen molar-refractivity contribution in [2.45, 2.75) is 29.2 Å². The molecule has 1 N–H and O–H groups in total. The largest absolute Gasteiger partial charge is 0.446 e. The molecule has 1 saturated heterocycles. The Kier molecular flexibility index (Phi) is 6.29. The van der Waals surface area contributed by atoms with Crippen LogP contribution in [-0.2, 0) is 11.8 Å². The van der Waals surface area contributed by atoms with Gasteiger partial charge < -0.3 is 9.47 Å². The molecule has 5 nitrogen and oxygen atoms in total. The van der Waals surface area contributed by atoms with Gasteiger partial charge in [-0.2, -0.15) is 18.3 Å². The number of piperidine rings is 1. The molecule has 1 aliphatic rings. The summed E-state index contributed by atoms with van der Waals surface area (Å²) in [6.07, 6.45) is 4.68. The lowest BCUT2D eigenvalue weighted by Gasteiger charge is -2.30. The highest BCUT2D eigenvalue weighted by Crippen LogP contribution is 2.36. The SMILES string of the molecule is Cn1c(C2CCN(C(=O)/C=C/c3ccc(SC(F)(F)F)cc3)CC2)n[nH]c1=S. The Bertz CT molecular complexity index is 910. The number of likely N-dealkylation sites (tertiary alicyclic amines) is 1. The normalized spacial score (nSPS) is 16.1. The van der Waals surface area contributed by atoms with Crippen LogP contribution in [0.2, 0.25) is 0 Å². The predicted octanol–water partition coefficient (Wildman–Crippen LogP) is 4.51. The van der Waals surface area contributed by atoms with Crippen molar-refractivity contribution in [3.8, 4) is 0 Å². The first-order chi connectivity index (χ1) is 13.2. The number of hydrogen-bond donors (Lipinski definition) is 1. The highest BCUT2D eigenvalue weighted by molar-refractivity contribution is 8.00. The number of carbonyl (C=O) groups is 1. The minimum atomic E-state index is -4.31. The highest BCUT2D eigenvalue weighted by atomic mass is 32.2. The van der Waals surface area contributed by atoms with E-state index >= 15 is 0 Å². The van der Waals surface area contributed by atoms with Gasteiger partial charge in [0.2, 0.25) is 5.91 Å².